The number of methoxy groups -OCH3 is 1. The summed E-state index contributed by atoms with van der Waals surface area (Å²) in [4.78, 5) is 11.6. The number of carbonyl (C=O) groups is 1. The molecule has 1 aromatic rings. The Kier molecular flexibility index (Phi) is 3.51. The molecule has 2 atom stereocenters. The highest BCUT2D eigenvalue weighted by Crippen LogP contribution is 2.36. The molecule has 1 N–H and O–H groups in total. The molecule has 94 valence electrons. The van der Waals surface area contributed by atoms with Crippen molar-refractivity contribution in [3.63, 3.8) is 0 Å². The molecule has 0 radical (unpaired) electrons. The summed E-state index contributed by atoms with van der Waals surface area (Å²) < 4.78 is 4.67. The lowest BCUT2D eigenvalue weighted by Gasteiger charge is -2.26. The van der Waals surface area contributed by atoms with E-state index in [1.54, 1.807) is 6.08 Å². The van der Waals surface area contributed by atoms with Crippen LogP contribution in [0.5, 0.6) is 0 Å². The van der Waals surface area contributed by atoms with Gasteiger partial charge in [0, 0.05) is 5.92 Å². The second kappa shape index (κ2) is 5.08. The third kappa shape index (κ3) is 2.16. The molecular weight excluding hydrogens is 228 g/mol. The molecule has 0 unspecified atom stereocenters. The number of aliphatic hydroxyl groups is 1. The Balaban J connectivity index is 2.44. The van der Waals surface area contributed by atoms with E-state index in [9.17, 15) is 9.90 Å². The van der Waals surface area contributed by atoms with Crippen molar-refractivity contribution >= 4 is 5.97 Å². The molecule has 1 aliphatic rings. The summed E-state index contributed by atoms with van der Waals surface area (Å²) in [5.41, 5.74) is 1.23. The molecule has 0 spiro atoms. The number of carbonyl (C=O) groups excluding carboxylic acids is 1. The number of aliphatic hydroxyl groups excluding tert-OH is 1. The van der Waals surface area contributed by atoms with Crippen molar-refractivity contribution in [1.29, 1.82) is 0 Å². The number of hydrogen-bond acceptors (Lipinski definition) is 3. The molecule has 0 aliphatic heterocycles. The lowest BCUT2D eigenvalue weighted by molar-refractivity contribution is -0.136. The third-order valence-electron chi connectivity index (χ3n) is 3.23. The van der Waals surface area contributed by atoms with Crippen LogP contribution in [0, 0.1) is 5.92 Å². The molecule has 0 saturated heterocycles. The maximum absolute atomic E-state index is 11.6. The number of benzene rings is 1. The second-order valence-corrected chi connectivity index (χ2v) is 4.40. The summed E-state index contributed by atoms with van der Waals surface area (Å²) in [6, 6.07) is 9.67. The van der Waals surface area contributed by atoms with Crippen molar-refractivity contribution in [3.05, 3.63) is 59.4 Å². The van der Waals surface area contributed by atoms with E-state index in [4.69, 9.17) is 0 Å². The van der Waals surface area contributed by atoms with Gasteiger partial charge in [-0.2, -0.15) is 0 Å². The average Bonchev–Trinajstić information content (AvgIpc) is 2.39. The van der Waals surface area contributed by atoms with Crippen LogP contribution >= 0.6 is 0 Å². The van der Waals surface area contributed by atoms with E-state index in [1.165, 1.54) is 7.11 Å². The number of ether oxygens (including phenoxy) is 1. The van der Waals surface area contributed by atoms with E-state index in [2.05, 4.69) is 4.74 Å². The van der Waals surface area contributed by atoms with Gasteiger partial charge >= 0.3 is 5.97 Å². The van der Waals surface area contributed by atoms with Gasteiger partial charge in [-0.3, -0.25) is 0 Å². The monoisotopic (exact) mass is 244 g/mol. The van der Waals surface area contributed by atoms with Crippen molar-refractivity contribution in [2.75, 3.05) is 7.11 Å². The minimum Gasteiger partial charge on any atom is -0.511 e. The molecule has 18 heavy (non-hydrogen) atoms. The van der Waals surface area contributed by atoms with Crippen molar-refractivity contribution < 1.29 is 14.6 Å². The number of rotatable bonds is 2. The van der Waals surface area contributed by atoms with Crippen LogP contribution in [0.4, 0.5) is 0 Å². The van der Waals surface area contributed by atoms with Crippen LogP contribution in [-0.4, -0.2) is 18.2 Å². The first-order chi connectivity index (χ1) is 8.65. The van der Waals surface area contributed by atoms with Gasteiger partial charge in [0.1, 0.15) is 5.76 Å². The SMILES string of the molecule is COC(=O)C1=C(O)[C@@H](c2ccccc2)[C@H](C)C=C1. The standard InChI is InChI=1S/C15H16O3/c1-10-8-9-12(15(17)18-2)14(16)13(10)11-6-4-3-5-7-11/h3-10,13,16H,1-2H3/t10-,13-/m1/s1. The van der Waals surface area contributed by atoms with Gasteiger partial charge < -0.3 is 9.84 Å². The van der Waals surface area contributed by atoms with Gasteiger partial charge in [-0.15, -0.1) is 0 Å². The van der Waals surface area contributed by atoms with Gasteiger partial charge in [-0.05, 0) is 17.6 Å². The lowest BCUT2D eigenvalue weighted by Crippen LogP contribution is -2.19. The Hall–Kier alpha value is -2.03. The van der Waals surface area contributed by atoms with Crippen molar-refractivity contribution in [2.24, 2.45) is 5.92 Å². The van der Waals surface area contributed by atoms with Crippen LogP contribution in [0.25, 0.3) is 0 Å². The molecule has 0 saturated carbocycles. The zero-order valence-electron chi connectivity index (χ0n) is 10.5. The van der Waals surface area contributed by atoms with Crippen LogP contribution in [0.1, 0.15) is 18.4 Å². The van der Waals surface area contributed by atoms with Crippen molar-refractivity contribution in [1.82, 2.24) is 0 Å². The molecule has 3 nitrogen and oxygen atoms in total. The Morgan fingerprint density at radius 2 is 1.94 bits per heavy atom. The van der Waals surface area contributed by atoms with E-state index in [-0.39, 0.29) is 23.2 Å². The summed E-state index contributed by atoms with van der Waals surface area (Å²) in [5, 5.41) is 10.3. The molecule has 0 heterocycles. The van der Waals surface area contributed by atoms with Gasteiger partial charge in [0.25, 0.3) is 0 Å². The first-order valence-electron chi connectivity index (χ1n) is 5.89. The molecule has 0 aromatic heterocycles. The molecular formula is C15H16O3. The highest BCUT2D eigenvalue weighted by atomic mass is 16.5. The minimum atomic E-state index is -0.503. The molecule has 3 heteroatoms. The summed E-state index contributed by atoms with van der Waals surface area (Å²) in [7, 11) is 1.31. The van der Waals surface area contributed by atoms with E-state index < -0.39 is 5.97 Å². The van der Waals surface area contributed by atoms with Crippen LogP contribution in [0.2, 0.25) is 0 Å². The largest absolute Gasteiger partial charge is 0.511 e. The molecule has 0 bridgehead atoms. The van der Waals surface area contributed by atoms with Crippen LogP contribution in [0.15, 0.2) is 53.8 Å². The second-order valence-electron chi connectivity index (χ2n) is 4.40. The topological polar surface area (TPSA) is 46.5 Å². The fourth-order valence-corrected chi connectivity index (χ4v) is 2.27. The molecule has 1 aliphatic carbocycles. The summed E-state index contributed by atoms with van der Waals surface area (Å²) in [6.07, 6.45) is 3.55. The quantitative estimate of drug-likeness (QED) is 0.813. The lowest BCUT2D eigenvalue weighted by atomic mass is 9.80. The predicted molar refractivity (Wildman–Crippen MR) is 69.2 cm³/mol. The van der Waals surface area contributed by atoms with Crippen molar-refractivity contribution in [2.45, 2.75) is 12.8 Å². The van der Waals surface area contributed by atoms with E-state index in [1.807, 2.05) is 43.3 Å². The van der Waals surface area contributed by atoms with Gasteiger partial charge in [-0.1, -0.05) is 43.3 Å². The fraction of sp³-hybridized carbons (Fsp3) is 0.267. The molecule has 0 fully saturated rings. The predicted octanol–water partition coefficient (Wildman–Crippen LogP) is 2.96. The Bertz CT molecular complexity index is 500. The molecule has 2 rings (SSSR count). The molecule has 1 aromatic carbocycles. The van der Waals surface area contributed by atoms with Gasteiger partial charge in [-0.25, -0.2) is 4.79 Å². The average molecular weight is 244 g/mol. The van der Waals surface area contributed by atoms with Crippen LogP contribution in [-0.2, 0) is 9.53 Å². The molecule has 0 amide bonds. The van der Waals surface area contributed by atoms with Crippen LogP contribution in [0.3, 0.4) is 0 Å². The maximum atomic E-state index is 11.6. The first-order valence-corrected chi connectivity index (χ1v) is 5.89. The highest BCUT2D eigenvalue weighted by molar-refractivity contribution is 5.92. The van der Waals surface area contributed by atoms with Gasteiger partial charge in [0.2, 0.25) is 0 Å². The zero-order valence-corrected chi connectivity index (χ0v) is 10.5. The first kappa shape index (κ1) is 12.4. The smallest absolute Gasteiger partial charge is 0.341 e. The Morgan fingerprint density at radius 1 is 1.28 bits per heavy atom. The van der Waals surface area contributed by atoms with E-state index >= 15 is 0 Å². The van der Waals surface area contributed by atoms with E-state index in [0.717, 1.165) is 5.56 Å². The van der Waals surface area contributed by atoms with Gasteiger partial charge in [0.15, 0.2) is 0 Å². The summed E-state index contributed by atoms with van der Waals surface area (Å²) in [6.45, 7) is 2.01. The number of hydrogen-bond donors (Lipinski definition) is 1. The summed E-state index contributed by atoms with van der Waals surface area (Å²) in [5.74, 6) is -0.467. The highest BCUT2D eigenvalue weighted by Gasteiger charge is 2.29. The minimum absolute atomic E-state index is 0.0862. The third-order valence-corrected chi connectivity index (χ3v) is 3.23. The van der Waals surface area contributed by atoms with Gasteiger partial charge in [0.05, 0.1) is 12.7 Å². The van der Waals surface area contributed by atoms with Crippen LogP contribution < -0.4 is 0 Å². The van der Waals surface area contributed by atoms with E-state index in [0.29, 0.717) is 0 Å². The Morgan fingerprint density at radius 3 is 2.56 bits per heavy atom. The van der Waals surface area contributed by atoms with Crippen molar-refractivity contribution in [3.8, 4) is 0 Å². The Labute approximate surface area is 106 Å². The number of allylic oxidation sites excluding steroid dienone is 2. The maximum Gasteiger partial charge on any atom is 0.341 e. The zero-order chi connectivity index (χ0) is 13.1. The normalized spacial score (nSPS) is 23.0. The fourth-order valence-electron chi connectivity index (χ4n) is 2.27. The summed E-state index contributed by atoms with van der Waals surface area (Å²) >= 11 is 0. The number of esters is 1.